The second kappa shape index (κ2) is 14.2. The highest BCUT2D eigenvalue weighted by molar-refractivity contribution is 7.91. The van der Waals surface area contributed by atoms with Crippen LogP contribution in [-0.2, 0) is 20.0 Å². The second-order valence-electron chi connectivity index (χ2n) is 11.1. The lowest BCUT2D eigenvalue weighted by Gasteiger charge is -2.22. The molecule has 250 valence electrons. The molecule has 0 amide bonds. The third-order valence-corrected chi connectivity index (χ3v) is 10.3. The molecule has 49 heavy (non-hydrogen) atoms. The highest BCUT2D eigenvalue weighted by Crippen LogP contribution is 2.45. The Morgan fingerprint density at radius 1 is 0.429 bits per heavy atom. The van der Waals surface area contributed by atoms with Crippen molar-refractivity contribution in [2.75, 3.05) is 0 Å². The van der Waals surface area contributed by atoms with Crippen LogP contribution < -0.4 is 0 Å². The quantitative estimate of drug-likeness (QED) is 0.138. The van der Waals surface area contributed by atoms with Gasteiger partial charge in [0, 0.05) is 11.1 Å². The van der Waals surface area contributed by atoms with Crippen molar-refractivity contribution in [3.63, 3.8) is 0 Å². The van der Waals surface area contributed by atoms with Gasteiger partial charge in [0.05, 0.1) is 9.79 Å². The predicted molar refractivity (Wildman–Crippen MR) is 187 cm³/mol. The standard InChI is InChI=1S/C38H30O2S.CHF3O3S/c1-27-23-25-33(37(31-19-11-5-12-20-31)35(27)29-15-7-3-8-16-29)41(39,40)34-26-24-28(2)36(30-17-9-4-10-18-30)38(34)32-21-13-6-14-22-32;2-1(3,4)8(5,6)7/h3-26H,1-2H3;(H,5,6,7). The van der Waals surface area contributed by atoms with Crippen LogP contribution in [0.5, 0.6) is 0 Å². The summed E-state index contributed by atoms with van der Waals surface area (Å²) in [4.78, 5) is 0.599. The van der Waals surface area contributed by atoms with Crippen molar-refractivity contribution in [2.45, 2.75) is 29.1 Å². The van der Waals surface area contributed by atoms with E-state index >= 15 is 8.42 Å². The summed E-state index contributed by atoms with van der Waals surface area (Å²) < 4.78 is 87.6. The van der Waals surface area contributed by atoms with Gasteiger partial charge in [-0.05, 0) is 70.5 Å². The molecule has 10 heteroatoms. The Labute approximate surface area is 284 Å². The zero-order valence-corrected chi connectivity index (χ0v) is 28.0. The monoisotopic (exact) mass is 700 g/mol. The van der Waals surface area contributed by atoms with E-state index in [1.54, 1.807) is 12.1 Å². The molecule has 6 aromatic carbocycles. The fourth-order valence-electron chi connectivity index (χ4n) is 5.68. The lowest BCUT2D eigenvalue weighted by Crippen LogP contribution is -2.21. The van der Waals surface area contributed by atoms with E-state index in [1.165, 1.54) is 0 Å². The Balaban J connectivity index is 0.000000523. The van der Waals surface area contributed by atoms with Gasteiger partial charge in [0.1, 0.15) is 0 Å². The average molecular weight is 701 g/mol. The van der Waals surface area contributed by atoms with Crippen molar-refractivity contribution >= 4 is 20.0 Å². The largest absolute Gasteiger partial charge is 0.522 e. The zero-order chi connectivity index (χ0) is 35.4. The van der Waals surface area contributed by atoms with E-state index in [9.17, 15) is 13.2 Å². The first-order valence-corrected chi connectivity index (χ1v) is 17.9. The van der Waals surface area contributed by atoms with Gasteiger partial charge in [-0.2, -0.15) is 21.6 Å². The van der Waals surface area contributed by atoms with E-state index in [2.05, 4.69) is 0 Å². The van der Waals surface area contributed by atoms with E-state index in [4.69, 9.17) is 13.0 Å². The fraction of sp³-hybridized carbons (Fsp3) is 0.0769. The number of halogens is 3. The fourth-order valence-corrected chi connectivity index (χ4v) is 7.39. The molecule has 0 aliphatic rings. The normalized spacial score (nSPS) is 11.8. The van der Waals surface area contributed by atoms with Crippen molar-refractivity contribution in [2.24, 2.45) is 0 Å². The summed E-state index contributed by atoms with van der Waals surface area (Å²) in [7, 11) is -9.83. The van der Waals surface area contributed by atoms with Crippen LogP contribution in [0.4, 0.5) is 13.2 Å². The van der Waals surface area contributed by atoms with Gasteiger partial charge in [-0.1, -0.05) is 133 Å². The zero-order valence-electron chi connectivity index (χ0n) is 26.4. The Hall–Kier alpha value is -5.03. The maximum atomic E-state index is 15.0. The summed E-state index contributed by atoms with van der Waals surface area (Å²) in [5.41, 5.74) is 3.50. The molecule has 6 rings (SSSR count). The highest BCUT2D eigenvalue weighted by atomic mass is 32.2. The molecule has 0 heterocycles. The summed E-state index contributed by atoms with van der Waals surface area (Å²) in [5, 5.41) is 0. The minimum absolute atomic E-state index is 0.299. The number of aryl methyl sites for hydroxylation is 2. The molecular weight excluding hydrogens is 670 g/mol. The van der Waals surface area contributed by atoms with Crippen molar-refractivity contribution < 1.29 is 34.6 Å². The lowest BCUT2D eigenvalue weighted by molar-refractivity contribution is -0.0510. The summed E-state index contributed by atoms with van der Waals surface area (Å²) in [6.07, 6.45) is 0. The van der Waals surface area contributed by atoms with Crippen molar-refractivity contribution in [1.29, 1.82) is 0 Å². The van der Waals surface area contributed by atoms with Gasteiger partial charge in [0.15, 0.2) is 0 Å². The van der Waals surface area contributed by atoms with Crippen molar-refractivity contribution in [3.8, 4) is 44.5 Å². The Kier molecular flexibility index (Phi) is 10.2. The van der Waals surface area contributed by atoms with Crippen molar-refractivity contribution in [1.82, 2.24) is 0 Å². The lowest BCUT2D eigenvalue weighted by atomic mass is 9.91. The van der Waals surface area contributed by atoms with Gasteiger partial charge in [-0.15, -0.1) is 0 Å². The Morgan fingerprint density at radius 2 is 0.673 bits per heavy atom. The first-order valence-electron chi connectivity index (χ1n) is 15.0. The first-order chi connectivity index (χ1) is 23.2. The van der Waals surface area contributed by atoms with Crippen LogP contribution in [-0.4, -0.2) is 26.9 Å². The minimum Gasteiger partial charge on any atom is -0.279 e. The van der Waals surface area contributed by atoms with Gasteiger partial charge >= 0.3 is 15.6 Å². The Morgan fingerprint density at radius 3 is 0.918 bits per heavy atom. The van der Waals surface area contributed by atoms with Gasteiger partial charge in [-0.25, -0.2) is 8.42 Å². The van der Waals surface area contributed by atoms with Crippen LogP contribution >= 0.6 is 0 Å². The highest BCUT2D eigenvalue weighted by Gasteiger charge is 2.44. The molecule has 6 aromatic rings. The maximum absolute atomic E-state index is 15.0. The summed E-state index contributed by atoms with van der Waals surface area (Å²) in [6.45, 7) is 4.08. The molecule has 0 atom stereocenters. The molecule has 1 N–H and O–H groups in total. The van der Waals surface area contributed by atoms with Crippen molar-refractivity contribution in [3.05, 3.63) is 157 Å². The minimum atomic E-state index is -5.84. The molecule has 0 spiro atoms. The molecule has 5 nitrogen and oxygen atoms in total. The maximum Gasteiger partial charge on any atom is 0.522 e. The third-order valence-electron chi connectivity index (χ3n) is 7.87. The first kappa shape index (κ1) is 35.3. The van der Waals surface area contributed by atoms with E-state index in [0.717, 1.165) is 55.6 Å². The van der Waals surface area contributed by atoms with E-state index in [1.807, 2.05) is 147 Å². The number of sulfone groups is 1. The summed E-state index contributed by atoms with van der Waals surface area (Å²) in [6, 6.07) is 47.2. The number of benzene rings is 6. The third kappa shape index (κ3) is 7.51. The molecule has 0 radical (unpaired) electrons. The van der Waals surface area contributed by atoms with Gasteiger partial charge < -0.3 is 0 Å². The van der Waals surface area contributed by atoms with E-state index < -0.39 is 25.5 Å². The van der Waals surface area contributed by atoms with Crippen LogP contribution in [0.3, 0.4) is 0 Å². The van der Waals surface area contributed by atoms with Crippen LogP contribution in [0.25, 0.3) is 44.5 Å². The summed E-state index contributed by atoms with van der Waals surface area (Å²) in [5.74, 6) is 0. The molecule has 0 aromatic heterocycles. The molecular formula is C39H31F3O5S2. The van der Waals surface area contributed by atoms with Gasteiger partial charge in [-0.3, -0.25) is 4.55 Å². The smallest absolute Gasteiger partial charge is 0.279 e. The molecule has 0 saturated heterocycles. The number of hydrogen-bond acceptors (Lipinski definition) is 4. The number of alkyl halides is 3. The van der Waals surface area contributed by atoms with Crippen LogP contribution in [0.2, 0.25) is 0 Å². The molecule has 0 aliphatic carbocycles. The molecule has 0 fully saturated rings. The van der Waals surface area contributed by atoms with Gasteiger partial charge in [0.25, 0.3) is 0 Å². The van der Waals surface area contributed by atoms with E-state index in [0.29, 0.717) is 9.79 Å². The van der Waals surface area contributed by atoms with Crippen LogP contribution in [0.15, 0.2) is 155 Å². The van der Waals surface area contributed by atoms with E-state index in [-0.39, 0.29) is 0 Å². The SMILES string of the molecule is Cc1ccc(S(=O)(=O)c2ccc(C)c(-c3ccccc3)c2-c2ccccc2)c(-c2ccccc2)c1-c1ccccc1.O=S(=O)(O)C(F)(F)F. The topological polar surface area (TPSA) is 88.5 Å². The molecule has 0 bridgehead atoms. The number of rotatable bonds is 6. The second-order valence-corrected chi connectivity index (χ2v) is 14.4. The van der Waals surface area contributed by atoms with Gasteiger partial charge in [0.2, 0.25) is 9.84 Å². The van der Waals surface area contributed by atoms with Crippen LogP contribution in [0.1, 0.15) is 11.1 Å². The average Bonchev–Trinajstić information content (AvgIpc) is 3.08. The summed E-state index contributed by atoms with van der Waals surface area (Å²) >= 11 is 0. The molecule has 0 unspecified atom stereocenters. The Bertz CT molecular complexity index is 2150. The molecule has 0 aliphatic heterocycles. The molecule has 0 saturated carbocycles. The van der Waals surface area contributed by atoms with Crippen LogP contribution in [0, 0.1) is 13.8 Å². The number of hydrogen-bond donors (Lipinski definition) is 1. The predicted octanol–water partition coefficient (Wildman–Crippen LogP) is 10.2.